The Kier molecular flexibility index (Phi) is 4.07. The molecular weight excluding hydrogens is 240 g/mol. The molecule has 1 fully saturated rings. The molecule has 0 aromatic carbocycles. The molecule has 1 aromatic heterocycles. The highest BCUT2D eigenvalue weighted by Gasteiger charge is 2.27. The Bertz CT molecular complexity index is 375. The van der Waals surface area contributed by atoms with Crippen LogP contribution in [0.25, 0.3) is 0 Å². The SMILES string of the molecule is COc1cccnc1N1CC(C)OC(CCl)C1. The Morgan fingerprint density at radius 3 is 3.12 bits per heavy atom. The maximum Gasteiger partial charge on any atom is 0.171 e. The normalized spacial score (nSPS) is 24.8. The number of morpholine rings is 1. The van der Waals surface area contributed by atoms with Gasteiger partial charge in [0.15, 0.2) is 11.6 Å². The largest absolute Gasteiger partial charge is 0.493 e. The van der Waals surface area contributed by atoms with Crippen molar-refractivity contribution in [2.45, 2.75) is 19.1 Å². The first kappa shape index (κ1) is 12.5. The molecule has 0 amide bonds. The van der Waals surface area contributed by atoms with Gasteiger partial charge in [-0.25, -0.2) is 4.98 Å². The second-order valence-electron chi connectivity index (χ2n) is 4.16. The molecule has 2 heterocycles. The lowest BCUT2D eigenvalue weighted by atomic mass is 10.2. The van der Waals surface area contributed by atoms with E-state index in [0.29, 0.717) is 5.88 Å². The zero-order valence-electron chi connectivity index (χ0n) is 10.1. The van der Waals surface area contributed by atoms with Crippen molar-refractivity contribution >= 4 is 17.4 Å². The van der Waals surface area contributed by atoms with E-state index in [0.717, 1.165) is 24.7 Å². The molecule has 1 aliphatic heterocycles. The number of ether oxygens (including phenoxy) is 2. The summed E-state index contributed by atoms with van der Waals surface area (Å²) < 4.78 is 11.0. The summed E-state index contributed by atoms with van der Waals surface area (Å²) in [5, 5.41) is 0. The van der Waals surface area contributed by atoms with Crippen molar-refractivity contribution < 1.29 is 9.47 Å². The minimum absolute atomic E-state index is 0.0483. The van der Waals surface area contributed by atoms with Crippen LogP contribution in [0, 0.1) is 0 Å². The molecule has 5 heteroatoms. The fourth-order valence-electron chi connectivity index (χ4n) is 2.08. The van der Waals surface area contributed by atoms with E-state index in [-0.39, 0.29) is 12.2 Å². The highest BCUT2D eigenvalue weighted by Crippen LogP contribution is 2.27. The van der Waals surface area contributed by atoms with Gasteiger partial charge in [-0.1, -0.05) is 0 Å². The molecule has 17 heavy (non-hydrogen) atoms. The summed E-state index contributed by atoms with van der Waals surface area (Å²) in [7, 11) is 1.66. The molecular formula is C12H17ClN2O2. The van der Waals surface area contributed by atoms with Gasteiger partial charge in [-0.2, -0.15) is 0 Å². The van der Waals surface area contributed by atoms with Gasteiger partial charge in [0.2, 0.25) is 0 Å². The Hall–Kier alpha value is -1.00. The fourth-order valence-corrected chi connectivity index (χ4v) is 2.25. The Labute approximate surface area is 106 Å². The molecule has 0 saturated carbocycles. The van der Waals surface area contributed by atoms with Crippen LogP contribution in [0.5, 0.6) is 5.75 Å². The van der Waals surface area contributed by atoms with Crippen molar-refractivity contribution in [1.82, 2.24) is 4.98 Å². The van der Waals surface area contributed by atoms with Gasteiger partial charge >= 0.3 is 0 Å². The minimum Gasteiger partial charge on any atom is -0.493 e. The number of rotatable bonds is 3. The van der Waals surface area contributed by atoms with Crippen LogP contribution in [-0.2, 0) is 4.74 Å². The number of alkyl halides is 1. The van der Waals surface area contributed by atoms with Gasteiger partial charge in [0.05, 0.1) is 25.2 Å². The van der Waals surface area contributed by atoms with E-state index in [1.54, 1.807) is 13.3 Å². The van der Waals surface area contributed by atoms with Crippen LogP contribution in [-0.4, -0.2) is 43.3 Å². The van der Waals surface area contributed by atoms with Crippen molar-refractivity contribution in [2.24, 2.45) is 0 Å². The zero-order valence-corrected chi connectivity index (χ0v) is 10.9. The first-order valence-corrected chi connectivity index (χ1v) is 6.23. The van der Waals surface area contributed by atoms with Gasteiger partial charge in [0.25, 0.3) is 0 Å². The van der Waals surface area contributed by atoms with Gasteiger partial charge in [-0.3, -0.25) is 0 Å². The molecule has 0 spiro atoms. The minimum atomic E-state index is 0.0483. The van der Waals surface area contributed by atoms with Crippen LogP contribution in [0.1, 0.15) is 6.92 Å². The van der Waals surface area contributed by atoms with Crippen molar-refractivity contribution in [3.8, 4) is 5.75 Å². The molecule has 0 bridgehead atoms. The molecule has 1 aromatic rings. The topological polar surface area (TPSA) is 34.6 Å². The van der Waals surface area contributed by atoms with Crippen molar-refractivity contribution in [3.05, 3.63) is 18.3 Å². The summed E-state index contributed by atoms with van der Waals surface area (Å²) >= 11 is 5.87. The Balaban J connectivity index is 2.20. The van der Waals surface area contributed by atoms with E-state index in [4.69, 9.17) is 21.1 Å². The van der Waals surface area contributed by atoms with Crippen LogP contribution in [0.3, 0.4) is 0 Å². The van der Waals surface area contributed by atoms with E-state index in [1.807, 2.05) is 19.1 Å². The molecule has 0 aliphatic carbocycles. The van der Waals surface area contributed by atoms with Crippen molar-refractivity contribution in [2.75, 3.05) is 31.0 Å². The summed E-state index contributed by atoms with van der Waals surface area (Å²) in [6.07, 6.45) is 1.97. The quantitative estimate of drug-likeness (QED) is 0.774. The van der Waals surface area contributed by atoms with Crippen LogP contribution < -0.4 is 9.64 Å². The predicted octanol–water partition coefficient (Wildman–Crippen LogP) is 1.92. The predicted molar refractivity (Wildman–Crippen MR) is 68.1 cm³/mol. The number of hydrogen-bond acceptors (Lipinski definition) is 4. The highest BCUT2D eigenvalue weighted by molar-refractivity contribution is 6.18. The molecule has 0 radical (unpaired) electrons. The lowest BCUT2D eigenvalue weighted by molar-refractivity contribution is -0.00368. The molecule has 2 atom stereocenters. The summed E-state index contributed by atoms with van der Waals surface area (Å²) in [5.74, 6) is 2.14. The smallest absolute Gasteiger partial charge is 0.171 e. The maximum absolute atomic E-state index is 5.87. The number of anilines is 1. The van der Waals surface area contributed by atoms with E-state index < -0.39 is 0 Å². The molecule has 2 rings (SSSR count). The van der Waals surface area contributed by atoms with Gasteiger partial charge in [0.1, 0.15) is 0 Å². The molecule has 4 nitrogen and oxygen atoms in total. The van der Waals surface area contributed by atoms with Crippen molar-refractivity contribution in [1.29, 1.82) is 0 Å². The van der Waals surface area contributed by atoms with Crippen molar-refractivity contribution in [3.63, 3.8) is 0 Å². The average Bonchev–Trinajstić information content (AvgIpc) is 2.37. The van der Waals surface area contributed by atoms with E-state index in [1.165, 1.54) is 0 Å². The number of nitrogens with zero attached hydrogens (tertiary/aromatic N) is 2. The van der Waals surface area contributed by atoms with Crippen LogP contribution >= 0.6 is 11.6 Å². The molecule has 1 saturated heterocycles. The van der Waals surface area contributed by atoms with Crippen LogP contribution in [0.4, 0.5) is 5.82 Å². The van der Waals surface area contributed by atoms with E-state index in [9.17, 15) is 0 Å². The highest BCUT2D eigenvalue weighted by atomic mass is 35.5. The third-order valence-corrected chi connectivity index (χ3v) is 3.11. The molecule has 2 unspecified atom stereocenters. The molecule has 1 aliphatic rings. The van der Waals surface area contributed by atoms with Gasteiger partial charge < -0.3 is 14.4 Å². The second kappa shape index (κ2) is 5.56. The fraction of sp³-hybridized carbons (Fsp3) is 0.583. The first-order chi connectivity index (χ1) is 8.24. The lowest BCUT2D eigenvalue weighted by Crippen LogP contribution is -2.47. The van der Waals surface area contributed by atoms with Crippen LogP contribution in [0.2, 0.25) is 0 Å². The summed E-state index contributed by atoms with van der Waals surface area (Å²) in [6.45, 7) is 3.60. The maximum atomic E-state index is 5.87. The number of pyridine rings is 1. The summed E-state index contributed by atoms with van der Waals surface area (Å²) in [5.41, 5.74) is 0. The number of hydrogen-bond donors (Lipinski definition) is 0. The Morgan fingerprint density at radius 1 is 1.59 bits per heavy atom. The zero-order chi connectivity index (χ0) is 12.3. The van der Waals surface area contributed by atoms with Gasteiger partial charge in [-0.15, -0.1) is 11.6 Å². The van der Waals surface area contributed by atoms with Crippen LogP contribution in [0.15, 0.2) is 18.3 Å². The van der Waals surface area contributed by atoms with Gasteiger partial charge in [0, 0.05) is 19.3 Å². The first-order valence-electron chi connectivity index (χ1n) is 5.70. The lowest BCUT2D eigenvalue weighted by Gasteiger charge is -2.37. The van der Waals surface area contributed by atoms with Gasteiger partial charge in [-0.05, 0) is 19.1 Å². The third-order valence-electron chi connectivity index (χ3n) is 2.77. The summed E-state index contributed by atoms with van der Waals surface area (Å²) in [6, 6.07) is 3.78. The standard InChI is InChI=1S/C12H17ClN2O2/c1-9-7-15(8-10(6-13)17-9)12-11(16-2)4-3-5-14-12/h3-5,9-10H,6-8H2,1-2H3. The Morgan fingerprint density at radius 2 is 2.41 bits per heavy atom. The summed E-state index contributed by atoms with van der Waals surface area (Å²) in [4.78, 5) is 6.55. The molecule has 0 N–H and O–H groups in total. The molecule has 94 valence electrons. The van der Waals surface area contributed by atoms with E-state index in [2.05, 4.69) is 9.88 Å². The number of halogens is 1. The third kappa shape index (κ3) is 2.82. The van der Waals surface area contributed by atoms with E-state index >= 15 is 0 Å². The monoisotopic (exact) mass is 256 g/mol. The number of methoxy groups -OCH3 is 1. The second-order valence-corrected chi connectivity index (χ2v) is 4.47. The number of aromatic nitrogens is 1. The average molecular weight is 257 g/mol.